The lowest BCUT2D eigenvalue weighted by atomic mass is 10.1. The lowest BCUT2D eigenvalue weighted by Gasteiger charge is -2.07. The van der Waals surface area contributed by atoms with Gasteiger partial charge in [-0.15, -0.1) is 0 Å². The summed E-state index contributed by atoms with van der Waals surface area (Å²) in [5, 5.41) is 5.93. The molecule has 0 radical (unpaired) electrons. The Hall–Kier alpha value is -1.44. The first-order valence-corrected chi connectivity index (χ1v) is 8.93. The Kier molecular flexibility index (Phi) is 8.08. The Morgan fingerprint density at radius 1 is 1.14 bits per heavy atom. The number of sulfone groups is 1. The fourth-order valence-electron chi connectivity index (χ4n) is 1.82. The zero-order valence-electron chi connectivity index (χ0n) is 13.1. The van der Waals surface area contributed by atoms with Gasteiger partial charge in [0.2, 0.25) is 5.91 Å². The van der Waals surface area contributed by atoms with Crippen molar-refractivity contribution < 1.29 is 17.9 Å². The van der Waals surface area contributed by atoms with Crippen molar-refractivity contribution in [2.45, 2.75) is 18.2 Å². The normalized spacial score (nSPS) is 11.4. The summed E-state index contributed by atoms with van der Waals surface area (Å²) in [4.78, 5) is 12.1. The van der Waals surface area contributed by atoms with Crippen LogP contribution >= 0.6 is 0 Å². The molecule has 0 heterocycles. The summed E-state index contributed by atoms with van der Waals surface area (Å²) in [7, 11) is -1.55. The number of carbonyl (C=O) groups is 1. The van der Waals surface area contributed by atoms with E-state index < -0.39 is 9.84 Å². The lowest BCUT2D eigenvalue weighted by molar-refractivity contribution is -0.120. The van der Waals surface area contributed by atoms with E-state index in [1.54, 1.807) is 38.3 Å². The molecule has 0 spiro atoms. The Balaban J connectivity index is 2.36. The van der Waals surface area contributed by atoms with E-state index in [1.165, 1.54) is 0 Å². The maximum atomic E-state index is 11.8. The van der Waals surface area contributed by atoms with Crippen LogP contribution in [0.4, 0.5) is 0 Å². The number of ether oxygens (including phenoxy) is 1. The molecule has 124 valence electrons. The smallest absolute Gasteiger partial charge is 0.224 e. The summed E-state index contributed by atoms with van der Waals surface area (Å²) in [6, 6.07) is 6.46. The fraction of sp³-hybridized carbons (Fsp3) is 0.533. The standard InChI is InChI=1S/C15H24N2O4S/c1-3-22(19,20)14-6-4-13(5-7-14)12-15(18)17-9-8-16-10-11-21-2/h4-7,16H,3,8-12H2,1-2H3,(H,17,18). The fourth-order valence-corrected chi connectivity index (χ4v) is 2.70. The van der Waals surface area contributed by atoms with Gasteiger partial charge in [-0.1, -0.05) is 19.1 Å². The minimum absolute atomic E-state index is 0.0723. The highest BCUT2D eigenvalue weighted by molar-refractivity contribution is 7.91. The molecule has 0 aromatic heterocycles. The molecule has 0 unspecified atom stereocenters. The maximum absolute atomic E-state index is 11.8. The third kappa shape index (κ3) is 6.55. The van der Waals surface area contributed by atoms with Crippen molar-refractivity contribution in [1.29, 1.82) is 0 Å². The van der Waals surface area contributed by atoms with Crippen molar-refractivity contribution >= 4 is 15.7 Å². The van der Waals surface area contributed by atoms with E-state index in [9.17, 15) is 13.2 Å². The molecule has 1 amide bonds. The topological polar surface area (TPSA) is 84.5 Å². The lowest BCUT2D eigenvalue weighted by Crippen LogP contribution is -2.33. The van der Waals surface area contributed by atoms with Gasteiger partial charge in [0.15, 0.2) is 9.84 Å². The molecular formula is C15H24N2O4S. The second-order valence-corrected chi connectivity index (χ2v) is 7.10. The minimum Gasteiger partial charge on any atom is -0.383 e. The van der Waals surface area contributed by atoms with Crippen molar-refractivity contribution in [2.24, 2.45) is 0 Å². The van der Waals surface area contributed by atoms with E-state index in [-0.39, 0.29) is 18.1 Å². The Bertz CT molecular complexity index is 555. The van der Waals surface area contributed by atoms with Crippen LogP contribution in [0.1, 0.15) is 12.5 Å². The monoisotopic (exact) mass is 328 g/mol. The van der Waals surface area contributed by atoms with Crippen LogP contribution in [-0.2, 0) is 25.8 Å². The molecule has 1 aromatic carbocycles. The van der Waals surface area contributed by atoms with Crippen molar-refractivity contribution in [3.63, 3.8) is 0 Å². The van der Waals surface area contributed by atoms with E-state index in [4.69, 9.17) is 4.74 Å². The molecular weight excluding hydrogens is 304 g/mol. The Morgan fingerprint density at radius 2 is 1.82 bits per heavy atom. The number of amides is 1. The van der Waals surface area contributed by atoms with E-state index in [0.29, 0.717) is 24.6 Å². The number of hydrogen-bond donors (Lipinski definition) is 2. The summed E-state index contributed by atoms with van der Waals surface area (Å²) in [6.07, 6.45) is 0.241. The molecule has 2 N–H and O–H groups in total. The molecule has 0 fully saturated rings. The molecule has 0 aliphatic rings. The average molecular weight is 328 g/mol. The Labute approximate surface area is 132 Å². The average Bonchev–Trinajstić information content (AvgIpc) is 2.51. The van der Waals surface area contributed by atoms with Crippen molar-refractivity contribution in [3.8, 4) is 0 Å². The van der Waals surface area contributed by atoms with Gasteiger partial charge in [0.05, 0.1) is 23.7 Å². The molecule has 0 saturated carbocycles. The minimum atomic E-state index is -3.19. The van der Waals surface area contributed by atoms with Crippen molar-refractivity contribution in [2.75, 3.05) is 39.1 Å². The Morgan fingerprint density at radius 3 is 2.41 bits per heavy atom. The molecule has 6 nitrogen and oxygen atoms in total. The summed E-state index contributed by atoms with van der Waals surface area (Å²) < 4.78 is 28.3. The summed E-state index contributed by atoms with van der Waals surface area (Å²) in [5.74, 6) is -0.0113. The van der Waals surface area contributed by atoms with Crippen LogP contribution in [0, 0.1) is 0 Å². The quantitative estimate of drug-likeness (QED) is 0.607. The first kappa shape index (κ1) is 18.6. The zero-order chi connectivity index (χ0) is 16.4. The molecule has 1 aromatic rings. The predicted molar refractivity (Wildman–Crippen MR) is 85.6 cm³/mol. The van der Waals surface area contributed by atoms with Gasteiger partial charge in [-0.25, -0.2) is 8.42 Å². The van der Waals surface area contributed by atoms with Crippen molar-refractivity contribution in [1.82, 2.24) is 10.6 Å². The van der Waals surface area contributed by atoms with Crippen molar-refractivity contribution in [3.05, 3.63) is 29.8 Å². The predicted octanol–water partition coefficient (Wildman–Crippen LogP) is 0.375. The number of methoxy groups -OCH3 is 1. The highest BCUT2D eigenvalue weighted by Gasteiger charge is 2.11. The molecule has 1 rings (SSSR count). The summed E-state index contributed by atoms with van der Waals surface area (Å²) in [5.41, 5.74) is 0.792. The van der Waals surface area contributed by atoms with Crippen LogP contribution in [0.2, 0.25) is 0 Å². The molecule has 0 atom stereocenters. The van der Waals surface area contributed by atoms with E-state index in [0.717, 1.165) is 12.1 Å². The van der Waals surface area contributed by atoms with Crippen LogP contribution in [0.3, 0.4) is 0 Å². The largest absolute Gasteiger partial charge is 0.383 e. The molecule has 0 aliphatic heterocycles. The van der Waals surface area contributed by atoms with Gasteiger partial charge in [-0.2, -0.15) is 0 Å². The molecule has 7 heteroatoms. The first-order chi connectivity index (χ1) is 10.5. The van der Waals surface area contributed by atoms with Gasteiger partial charge >= 0.3 is 0 Å². The maximum Gasteiger partial charge on any atom is 0.224 e. The van der Waals surface area contributed by atoms with Gasteiger partial charge in [-0.05, 0) is 17.7 Å². The number of rotatable bonds is 10. The SMILES string of the molecule is CCS(=O)(=O)c1ccc(CC(=O)NCCNCCOC)cc1. The number of carbonyl (C=O) groups excluding carboxylic acids is 1. The first-order valence-electron chi connectivity index (χ1n) is 7.27. The van der Waals surface area contributed by atoms with Gasteiger partial charge in [0.1, 0.15) is 0 Å². The van der Waals surface area contributed by atoms with Crippen LogP contribution < -0.4 is 10.6 Å². The van der Waals surface area contributed by atoms with Crippen LogP contribution in [0.5, 0.6) is 0 Å². The van der Waals surface area contributed by atoms with Crippen LogP contribution in [-0.4, -0.2) is 53.4 Å². The van der Waals surface area contributed by atoms with E-state index in [2.05, 4.69) is 10.6 Å². The molecule has 0 saturated heterocycles. The number of hydrogen-bond acceptors (Lipinski definition) is 5. The van der Waals surface area contributed by atoms with Gasteiger partial charge < -0.3 is 15.4 Å². The van der Waals surface area contributed by atoms with Gasteiger partial charge in [0.25, 0.3) is 0 Å². The summed E-state index contributed by atoms with van der Waals surface area (Å²) >= 11 is 0. The number of benzene rings is 1. The summed E-state index contributed by atoms with van der Waals surface area (Å²) in [6.45, 7) is 4.23. The van der Waals surface area contributed by atoms with E-state index in [1.807, 2.05) is 0 Å². The molecule has 22 heavy (non-hydrogen) atoms. The van der Waals surface area contributed by atoms with Crippen LogP contribution in [0.25, 0.3) is 0 Å². The van der Waals surface area contributed by atoms with E-state index >= 15 is 0 Å². The van der Waals surface area contributed by atoms with Gasteiger partial charge in [0, 0.05) is 26.7 Å². The van der Waals surface area contributed by atoms with Gasteiger partial charge in [-0.3, -0.25) is 4.79 Å². The molecule has 0 bridgehead atoms. The second kappa shape index (κ2) is 9.55. The zero-order valence-corrected chi connectivity index (χ0v) is 13.9. The third-order valence-corrected chi connectivity index (χ3v) is 4.88. The molecule has 0 aliphatic carbocycles. The second-order valence-electron chi connectivity index (χ2n) is 4.82. The van der Waals surface area contributed by atoms with Crippen LogP contribution in [0.15, 0.2) is 29.2 Å². The third-order valence-electron chi connectivity index (χ3n) is 3.13. The number of nitrogens with one attached hydrogen (secondary N) is 2. The highest BCUT2D eigenvalue weighted by Crippen LogP contribution is 2.12. The highest BCUT2D eigenvalue weighted by atomic mass is 32.2.